The third kappa shape index (κ3) is 3.40. The van der Waals surface area contributed by atoms with Gasteiger partial charge in [0.2, 0.25) is 0 Å². The summed E-state index contributed by atoms with van der Waals surface area (Å²) < 4.78 is 1.79. The summed E-state index contributed by atoms with van der Waals surface area (Å²) in [7, 11) is -3.87. The minimum absolute atomic E-state index is 0.0614. The molecule has 0 aliphatic heterocycles. The molecule has 0 atom stereocenters. The van der Waals surface area contributed by atoms with Gasteiger partial charge in [0.05, 0.1) is 0 Å². The van der Waals surface area contributed by atoms with E-state index in [1.165, 1.54) is 0 Å². The maximum absolute atomic E-state index is 10.7. The number of hydrogen-bond acceptors (Lipinski definition) is 4. The zero-order valence-electron chi connectivity index (χ0n) is 11.0. The van der Waals surface area contributed by atoms with Crippen molar-refractivity contribution in [2.75, 3.05) is 12.3 Å². The average molecular weight is 248 g/mol. The van der Waals surface area contributed by atoms with E-state index in [0.717, 1.165) is 0 Å². The van der Waals surface area contributed by atoms with Crippen LogP contribution in [0.1, 0.15) is 41.0 Å². The molecular formula is C11H25N2O2P. The van der Waals surface area contributed by atoms with Crippen LogP contribution in [-0.2, 0) is 0 Å². The van der Waals surface area contributed by atoms with Crippen LogP contribution >= 0.6 is 7.21 Å². The van der Waals surface area contributed by atoms with Crippen molar-refractivity contribution in [3.05, 3.63) is 0 Å². The van der Waals surface area contributed by atoms with Gasteiger partial charge in [-0.2, -0.15) is 0 Å². The number of nitriles is 1. The molecule has 0 saturated heterocycles. The van der Waals surface area contributed by atoms with Gasteiger partial charge in [0.15, 0.2) is 0 Å². The molecule has 0 unspecified atom stereocenters. The van der Waals surface area contributed by atoms with Crippen molar-refractivity contribution in [2.24, 2.45) is 0 Å². The monoisotopic (exact) mass is 248 g/mol. The fourth-order valence-corrected chi connectivity index (χ4v) is 5.94. The normalized spacial score (nSPS) is 15.2. The van der Waals surface area contributed by atoms with Crippen LogP contribution in [0, 0.1) is 11.3 Å². The predicted octanol–water partition coefficient (Wildman–Crippen LogP) is 2.32. The van der Waals surface area contributed by atoms with Crippen LogP contribution in [0.15, 0.2) is 0 Å². The van der Waals surface area contributed by atoms with Crippen LogP contribution in [0.3, 0.4) is 0 Å². The van der Waals surface area contributed by atoms with Crippen LogP contribution in [0.2, 0.25) is 0 Å². The van der Waals surface area contributed by atoms with E-state index in [9.17, 15) is 9.79 Å². The molecule has 2 N–H and O–H groups in total. The van der Waals surface area contributed by atoms with Crippen molar-refractivity contribution < 1.29 is 9.79 Å². The van der Waals surface area contributed by atoms with Gasteiger partial charge in [-0.15, -0.1) is 0 Å². The van der Waals surface area contributed by atoms with E-state index in [0.29, 0.717) is 6.16 Å². The first-order valence-electron chi connectivity index (χ1n) is 5.84. The summed E-state index contributed by atoms with van der Waals surface area (Å²) >= 11 is 0. The van der Waals surface area contributed by atoms with Crippen LogP contribution in [0.25, 0.3) is 0 Å². The molecule has 0 aliphatic carbocycles. The van der Waals surface area contributed by atoms with Crippen molar-refractivity contribution in [3.63, 3.8) is 0 Å². The third-order valence-corrected chi connectivity index (χ3v) is 7.35. The standard InChI is InChI=1S/C11H25N2O2P/c1-6-16(14,15,9-7-8-12)13(10(2)3)11(4)5/h10-11,14-15H,6-7,9H2,1-5H3. The van der Waals surface area contributed by atoms with E-state index < -0.39 is 7.21 Å². The summed E-state index contributed by atoms with van der Waals surface area (Å²) in [5, 5.41) is 8.63. The van der Waals surface area contributed by atoms with E-state index in [4.69, 9.17) is 5.26 Å². The summed E-state index contributed by atoms with van der Waals surface area (Å²) in [5.41, 5.74) is 0. The topological polar surface area (TPSA) is 67.5 Å². The molecule has 0 amide bonds. The fraction of sp³-hybridized carbons (Fsp3) is 0.909. The van der Waals surface area contributed by atoms with Crippen LogP contribution < -0.4 is 0 Å². The zero-order valence-corrected chi connectivity index (χ0v) is 11.9. The van der Waals surface area contributed by atoms with Crippen molar-refractivity contribution in [3.8, 4) is 6.07 Å². The molecule has 5 heteroatoms. The Morgan fingerprint density at radius 2 is 1.62 bits per heavy atom. The molecule has 0 fully saturated rings. The first kappa shape index (κ1) is 15.8. The Balaban J connectivity index is 5.24. The molecule has 0 aromatic carbocycles. The Kier molecular flexibility index (Phi) is 5.35. The SMILES string of the molecule is CCP(O)(O)(CCC#N)N(C(C)C)C(C)C. The second-order valence-electron chi connectivity index (χ2n) is 4.86. The second-order valence-corrected chi connectivity index (χ2v) is 9.08. The molecule has 16 heavy (non-hydrogen) atoms. The van der Waals surface area contributed by atoms with E-state index in [-0.39, 0.29) is 24.7 Å². The van der Waals surface area contributed by atoms with Gasteiger partial charge < -0.3 is 0 Å². The van der Waals surface area contributed by atoms with E-state index >= 15 is 0 Å². The molecule has 0 rings (SSSR count). The quantitative estimate of drug-likeness (QED) is 0.708. The van der Waals surface area contributed by atoms with E-state index in [2.05, 4.69) is 0 Å². The summed E-state index contributed by atoms with van der Waals surface area (Å²) in [6.45, 7) is 9.60. The van der Waals surface area contributed by atoms with E-state index in [1.807, 2.05) is 33.8 Å². The molecular weight excluding hydrogens is 223 g/mol. The van der Waals surface area contributed by atoms with Gasteiger partial charge in [0.1, 0.15) is 0 Å². The van der Waals surface area contributed by atoms with Crippen molar-refractivity contribution >= 4 is 7.21 Å². The fourth-order valence-electron chi connectivity index (χ4n) is 2.38. The molecule has 0 spiro atoms. The molecule has 96 valence electrons. The Labute approximate surface area is 99.0 Å². The van der Waals surface area contributed by atoms with Crippen molar-refractivity contribution in [1.82, 2.24) is 4.67 Å². The second kappa shape index (κ2) is 5.42. The molecule has 0 radical (unpaired) electrons. The van der Waals surface area contributed by atoms with Gasteiger partial charge in [-0.05, 0) is 0 Å². The predicted molar refractivity (Wildman–Crippen MR) is 69.1 cm³/mol. The Hall–Kier alpha value is -0.200. The van der Waals surface area contributed by atoms with Gasteiger partial charge in [0.25, 0.3) is 0 Å². The Bertz CT molecular complexity index is 264. The first-order valence-corrected chi connectivity index (χ1v) is 8.31. The maximum atomic E-state index is 10.7. The number of nitrogens with zero attached hydrogens (tertiary/aromatic N) is 2. The van der Waals surface area contributed by atoms with Crippen LogP contribution in [0.5, 0.6) is 0 Å². The van der Waals surface area contributed by atoms with Crippen molar-refractivity contribution in [1.29, 1.82) is 5.26 Å². The molecule has 0 aliphatic rings. The third-order valence-electron chi connectivity index (χ3n) is 2.92. The minimum atomic E-state index is -3.87. The van der Waals surface area contributed by atoms with E-state index in [1.54, 1.807) is 11.6 Å². The van der Waals surface area contributed by atoms with Crippen molar-refractivity contribution in [2.45, 2.75) is 53.1 Å². The summed E-state index contributed by atoms with van der Waals surface area (Å²) in [4.78, 5) is 21.4. The number of rotatable bonds is 6. The molecule has 0 bridgehead atoms. The zero-order chi connectivity index (χ0) is 13.0. The molecule has 0 aromatic rings. The van der Waals surface area contributed by atoms with Crippen LogP contribution in [-0.4, -0.2) is 38.9 Å². The van der Waals surface area contributed by atoms with Crippen LogP contribution in [0.4, 0.5) is 0 Å². The number of hydrogen-bond donors (Lipinski definition) is 2. The molecule has 0 saturated carbocycles. The molecule has 4 nitrogen and oxygen atoms in total. The van der Waals surface area contributed by atoms with Gasteiger partial charge in [0, 0.05) is 0 Å². The van der Waals surface area contributed by atoms with Gasteiger partial charge in [-0.3, -0.25) is 0 Å². The van der Waals surface area contributed by atoms with Gasteiger partial charge >= 0.3 is 98.4 Å². The summed E-state index contributed by atoms with van der Waals surface area (Å²) in [6, 6.07) is 2.12. The van der Waals surface area contributed by atoms with Gasteiger partial charge in [-0.1, -0.05) is 0 Å². The molecule has 0 heterocycles. The first-order chi connectivity index (χ1) is 7.18. The Morgan fingerprint density at radius 1 is 1.19 bits per heavy atom. The summed E-state index contributed by atoms with van der Waals surface area (Å²) in [6.07, 6.45) is 0.674. The average Bonchev–Trinajstić information content (AvgIpc) is 2.14. The molecule has 0 aromatic heterocycles. The summed E-state index contributed by atoms with van der Waals surface area (Å²) in [5.74, 6) is 0. The van der Waals surface area contributed by atoms with Gasteiger partial charge in [-0.25, -0.2) is 0 Å². The Morgan fingerprint density at radius 3 is 1.88 bits per heavy atom.